The van der Waals surface area contributed by atoms with E-state index in [1.807, 2.05) is 17.7 Å². The molecular weight excluding hydrogens is 284 g/mol. The van der Waals surface area contributed by atoms with Gasteiger partial charge in [0.05, 0.1) is 6.61 Å². The third-order valence-corrected chi connectivity index (χ3v) is 3.72. The molecule has 1 N–H and O–H groups in total. The summed E-state index contributed by atoms with van der Waals surface area (Å²) in [4.78, 5) is 0. The largest absolute Gasteiger partial charge is 0.396 e. The lowest BCUT2D eigenvalue weighted by Gasteiger charge is -2.23. The zero-order valence-electron chi connectivity index (χ0n) is 10.1. The van der Waals surface area contributed by atoms with Crippen LogP contribution in [0.15, 0.2) is 10.7 Å². The van der Waals surface area contributed by atoms with Crippen LogP contribution in [0.5, 0.6) is 0 Å². The Labute approximate surface area is 110 Å². The van der Waals surface area contributed by atoms with Crippen LogP contribution in [0.2, 0.25) is 0 Å². The number of halogens is 1. The lowest BCUT2D eigenvalue weighted by Crippen LogP contribution is -2.22. The number of aliphatic hydroxyl groups excluding tert-OH is 1. The number of hydrogen-bond donors (Lipinski definition) is 1. The Bertz CT molecular complexity index is 361. The number of rotatable bonds is 4. The summed E-state index contributed by atoms with van der Waals surface area (Å²) in [5, 5.41) is 13.7. The molecular formula is C12H19BrN2O2. The van der Waals surface area contributed by atoms with Crippen molar-refractivity contribution < 1.29 is 9.84 Å². The summed E-state index contributed by atoms with van der Waals surface area (Å²) in [5.74, 6) is 0.772. The van der Waals surface area contributed by atoms with E-state index in [9.17, 15) is 5.11 Å². The van der Waals surface area contributed by atoms with Gasteiger partial charge in [0.2, 0.25) is 0 Å². The minimum atomic E-state index is 0.133. The molecule has 1 unspecified atom stereocenters. The Balaban J connectivity index is 2.08. The van der Waals surface area contributed by atoms with Crippen LogP contribution >= 0.6 is 15.9 Å². The first kappa shape index (κ1) is 13.1. The molecule has 96 valence electrons. The van der Waals surface area contributed by atoms with Crippen molar-refractivity contribution in [2.24, 2.45) is 5.92 Å². The highest BCUT2D eigenvalue weighted by Crippen LogP contribution is 2.23. The van der Waals surface area contributed by atoms with E-state index in [0.717, 1.165) is 42.9 Å². The molecule has 2 rings (SSSR count). The standard InChI is InChI=1S/C12H19BrN2O2/c1-9(8-16)11-6-12(13)14-15(11)7-10-2-4-17-5-3-10/h6,9-10,16H,2-5,7-8H2,1H3. The molecule has 4 nitrogen and oxygen atoms in total. The first-order valence-electron chi connectivity index (χ1n) is 6.12. The number of aromatic nitrogens is 2. The van der Waals surface area contributed by atoms with Gasteiger partial charge in [0.25, 0.3) is 0 Å². The maximum absolute atomic E-state index is 9.25. The first-order valence-corrected chi connectivity index (χ1v) is 6.92. The smallest absolute Gasteiger partial charge is 0.128 e. The average Bonchev–Trinajstić information content (AvgIpc) is 2.70. The van der Waals surface area contributed by atoms with Crippen LogP contribution in [-0.4, -0.2) is 34.7 Å². The van der Waals surface area contributed by atoms with E-state index in [0.29, 0.717) is 5.92 Å². The van der Waals surface area contributed by atoms with Gasteiger partial charge in [-0.3, -0.25) is 4.68 Å². The molecule has 0 spiro atoms. The van der Waals surface area contributed by atoms with Gasteiger partial charge in [-0.15, -0.1) is 0 Å². The number of hydrogen-bond acceptors (Lipinski definition) is 3. The summed E-state index contributed by atoms with van der Waals surface area (Å²) in [6, 6.07) is 2.00. The van der Waals surface area contributed by atoms with Gasteiger partial charge in [0.1, 0.15) is 4.60 Å². The van der Waals surface area contributed by atoms with Crippen LogP contribution in [0, 0.1) is 5.92 Å². The van der Waals surface area contributed by atoms with Crippen molar-refractivity contribution in [2.45, 2.75) is 32.2 Å². The molecule has 17 heavy (non-hydrogen) atoms. The maximum atomic E-state index is 9.25. The Morgan fingerprint density at radius 3 is 2.94 bits per heavy atom. The quantitative estimate of drug-likeness (QED) is 0.927. The lowest BCUT2D eigenvalue weighted by molar-refractivity contribution is 0.0596. The second-order valence-corrected chi connectivity index (χ2v) is 5.53. The van der Waals surface area contributed by atoms with E-state index in [2.05, 4.69) is 21.0 Å². The summed E-state index contributed by atoms with van der Waals surface area (Å²) in [6.45, 7) is 4.82. The normalized spacial score (nSPS) is 19.5. The summed E-state index contributed by atoms with van der Waals surface area (Å²) in [5.41, 5.74) is 1.10. The Morgan fingerprint density at radius 1 is 1.59 bits per heavy atom. The molecule has 0 aromatic carbocycles. The van der Waals surface area contributed by atoms with Gasteiger partial charge in [-0.25, -0.2) is 0 Å². The van der Waals surface area contributed by atoms with Crippen LogP contribution in [0.25, 0.3) is 0 Å². The second-order valence-electron chi connectivity index (χ2n) is 4.71. The summed E-state index contributed by atoms with van der Waals surface area (Å²) < 4.78 is 8.24. The number of nitrogens with zero attached hydrogens (tertiary/aromatic N) is 2. The summed E-state index contributed by atoms with van der Waals surface area (Å²) in [7, 11) is 0. The highest BCUT2D eigenvalue weighted by Gasteiger charge is 2.19. The number of aliphatic hydroxyl groups is 1. The second kappa shape index (κ2) is 5.98. The summed E-state index contributed by atoms with van der Waals surface area (Å²) >= 11 is 3.41. The van der Waals surface area contributed by atoms with Gasteiger partial charge in [0.15, 0.2) is 0 Å². The first-order chi connectivity index (χ1) is 8.20. The Morgan fingerprint density at radius 2 is 2.29 bits per heavy atom. The van der Waals surface area contributed by atoms with Crippen molar-refractivity contribution in [2.75, 3.05) is 19.8 Å². The van der Waals surface area contributed by atoms with Crippen molar-refractivity contribution in [3.05, 3.63) is 16.4 Å². The average molecular weight is 303 g/mol. The van der Waals surface area contributed by atoms with E-state index < -0.39 is 0 Å². The van der Waals surface area contributed by atoms with E-state index >= 15 is 0 Å². The molecule has 1 aliphatic heterocycles. The molecule has 1 saturated heterocycles. The minimum absolute atomic E-state index is 0.133. The van der Waals surface area contributed by atoms with Crippen LogP contribution in [0.4, 0.5) is 0 Å². The van der Waals surface area contributed by atoms with E-state index in [1.165, 1.54) is 0 Å². The molecule has 5 heteroatoms. The van der Waals surface area contributed by atoms with Crippen molar-refractivity contribution >= 4 is 15.9 Å². The maximum Gasteiger partial charge on any atom is 0.128 e. The fraction of sp³-hybridized carbons (Fsp3) is 0.750. The van der Waals surface area contributed by atoms with Crippen molar-refractivity contribution in [3.8, 4) is 0 Å². The molecule has 0 amide bonds. The molecule has 0 aliphatic carbocycles. The molecule has 0 radical (unpaired) electrons. The molecule has 0 bridgehead atoms. The molecule has 0 saturated carbocycles. The summed E-state index contributed by atoms with van der Waals surface area (Å²) in [6.07, 6.45) is 2.20. The van der Waals surface area contributed by atoms with Crippen LogP contribution in [0.1, 0.15) is 31.4 Å². The van der Waals surface area contributed by atoms with E-state index in [-0.39, 0.29) is 12.5 Å². The van der Waals surface area contributed by atoms with Crippen molar-refractivity contribution in [3.63, 3.8) is 0 Å². The Hall–Kier alpha value is -0.390. The third-order valence-electron chi connectivity index (χ3n) is 3.33. The molecule has 1 aromatic heterocycles. The minimum Gasteiger partial charge on any atom is -0.396 e. The van der Waals surface area contributed by atoms with Gasteiger partial charge in [-0.2, -0.15) is 5.10 Å². The van der Waals surface area contributed by atoms with Crippen LogP contribution in [0.3, 0.4) is 0 Å². The lowest BCUT2D eigenvalue weighted by atomic mass is 10.00. The molecule has 1 fully saturated rings. The van der Waals surface area contributed by atoms with E-state index in [1.54, 1.807) is 0 Å². The van der Waals surface area contributed by atoms with Crippen molar-refractivity contribution in [1.82, 2.24) is 9.78 Å². The zero-order chi connectivity index (χ0) is 12.3. The Kier molecular flexibility index (Phi) is 4.59. The zero-order valence-corrected chi connectivity index (χ0v) is 11.7. The van der Waals surface area contributed by atoms with Crippen LogP contribution < -0.4 is 0 Å². The highest BCUT2D eigenvalue weighted by atomic mass is 79.9. The SMILES string of the molecule is CC(CO)c1cc(Br)nn1CC1CCOCC1. The highest BCUT2D eigenvalue weighted by molar-refractivity contribution is 9.10. The molecule has 2 heterocycles. The molecule has 1 aromatic rings. The monoisotopic (exact) mass is 302 g/mol. The predicted octanol–water partition coefficient (Wildman–Crippen LogP) is 2.17. The van der Waals surface area contributed by atoms with Crippen LogP contribution in [-0.2, 0) is 11.3 Å². The predicted molar refractivity (Wildman–Crippen MR) is 69.0 cm³/mol. The van der Waals surface area contributed by atoms with Crippen molar-refractivity contribution in [1.29, 1.82) is 0 Å². The van der Waals surface area contributed by atoms with Gasteiger partial charge >= 0.3 is 0 Å². The molecule has 1 atom stereocenters. The third kappa shape index (κ3) is 3.30. The number of ether oxygens (including phenoxy) is 1. The topological polar surface area (TPSA) is 47.3 Å². The fourth-order valence-corrected chi connectivity index (χ4v) is 2.63. The molecule has 1 aliphatic rings. The van der Waals surface area contributed by atoms with Gasteiger partial charge < -0.3 is 9.84 Å². The van der Waals surface area contributed by atoms with Gasteiger partial charge in [-0.05, 0) is 40.8 Å². The van der Waals surface area contributed by atoms with Gasteiger partial charge in [0, 0.05) is 31.4 Å². The van der Waals surface area contributed by atoms with Gasteiger partial charge in [-0.1, -0.05) is 6.92 Å². The fourth-order valence-electron chi connectivity index (χ4n) is 2.21. The van der Waals surface area contributed by atoms with E-state index in [4.69, 9.17) is 4.74 Å².